The number of hydrogen-bond acceptors (Lipinski definition) is 6. The molecule has 0 spiro atoms. The molecule has 0 amide bonds. The van der Waals surface area contributed by atoms with E-state index in [2.05, 4.69) is 23.2 Å². The Morgan fingerprint density at radius 1 is 1.10 bits per heavy atom. The Morgan fingerprint density at radius 2 is 1.90 bits per heavy atom. The van der Waals surface area contributed by atoms with Gasteiger partial charge in [0.2, 0.25) is 0 Å². The zero-order valence-corrected chi connectivity index (χ0v) is 17.6. The molecular formula is C25H24N2O4. The summed E-state index contributed by atoms with van der Waals surface area (Å²) in [7, 11) is 1.49. The van der Waals surface area contributed by atoms with Crippen LogP contribution in [0.15, 0.2) is 60.8 Å². The Hall–Kier alpha value is -3.69. The molecule has 0 N–H and O–H groups in total. The highest BCUT2D eigenvalue weighted by Gasteiger charge is 2.17. The highest BCUT2D eigenvalue weighted by molar-refractivity contribution is 5.93. The number of benzene rings is 2. The van der Waals surface area contributed by atoms with E-state index in [1.54, 1.807) is 19.1 Å². The van der Waals surface area contributed by atoms with Gasteiger partial charge >= 0.3 is 5.97 Å². The number of nitriles is 1. The van der Waals surface area contributed by atoms with E-state index < -0.39 is 5.97 Å². The maximum Gasteiger partial charge on any atom is 0.342 e. The molecule has 0 aliphatic carbocycles. The number of pyridine rings is 1. The predicted molar refractivity (Wildman–Crippen MR) is 117 cm³/mol. The van der Waals surface area contributed by atoms with Crippen molar-refractivity contribution in [1.29, 1.82) is 5.26 Å². The molecule has 31 heavy (non-hydrogen) atoms. The van der Waals surface area contributed by atoms with Gasteiger partial charge in [-0.15, -0.1) is 0 Å². The molecule has 0 aliphatic heterocycles. The van der Waals surface area contributed by atoms with Gasteiger partial charge in [-0.25, -0.2) is 4.79 Å². The molecule has 2 aromatic carbocycles. The van der Waals surface area contributed by atoms with Gasteiger partial charge in [-0.3, -0.25) is 4.98 Å². The van der Waals surface area contributed by atoms with E-state index in [9.17, 15) is 10.1 Å². The Balaban J connectivity index is 1.88. The molecule has 3 aromatic rings. The molecule has 0 saturated heterocycles. The van der Waals surface area contributed by atoms with Crippen LogP contribution in [0, 0.1) is 11.3 Å². The third-order valence-corrected chi connectivity index (χ3v) is 4.75. The topological polar surface area (TPSA) is 81.4 Å². The summed E-state index contributed by atoms with van der Waals surface area (Å²) in [6.07, 6.45) is 3.08. The minimum Gasteiger partial charge on any atom is -0.465 e. The van der Waals surface area contributed by atoms with Crippen molar-refractivity contribution in [3.05, 3.63) is 83.0 Å². The first kappa shape index (κ1) is 22.0. The first-order valence-electron chi connectivity index (χ1n) is 10.0. The lowest BCUT2D eigenvalue weighted by atomic mass is 9.97. The van der Waals surface area contributed by atoms with Crippen LogP contribution in [0.25, 0.3) is 11.3 Å². The van der Waals surface area contributed by atoms with Crippen molar-refractivity contribution >= 4 is 5.97 Å². The van der Waals surface area contributed by atoms with Crippen molar-refractivity contribution in [2.24, 2.45) is 0 Å². The maximum atomic E-state index is 12.4. The van der Waals surface area contributed by atoms with Crippen molar-refractivity contribution < 1.29 is 19.0 Å². The van der Waals surface area contributed by atoms with Crippen LogP contribution in [0.2, 0.25) is 0 Å². The molecule has 0 fully saturated rings. The molecule has 0 unspecified atom stereocenters. The third-order valence-electron chi connectivity index (χ3n) is 4.75. The summed E-state index contributed by atoms with van der Waals surface area (Å²) in [4.78, 5) is 16.8. The number of esters is 1. The Labute approximate surface area is 182 Å². The van der Waals surface area contributed by atoms with Gasteiger partial charge in [-0.1, -0.05) is 42.5 Å². The van der Waals surface area contributed by atoms with E-state index in [1.165, 1.54) is 18.9 Å². The van der Waals surface area contributed by atoms with Crippen molar-refractivity contribution in [3.63, 3.8) is 0 Å². The summed E-state index contributed by atoms with van der Waals surface area (Å²) in [6.45, 7) is 1.97. The average molecular weight is 416 g/mol. The van der Waals surface area contributed by atoms with Crippen molar-refractivity contribution in [3.8, 4) is 23.1 Å². The van der Waals surface area contributed by atoms with Gasteiger partial charge < -0.3 is 14.2 Å². The minimum absolute atomic E-state index is 0.0118. The summed E-state index contributed by atoms with van der Waals surface area (Å²) < 4.78 is 15.5. The number of carbonyl (C=O) groups excluding carboxylic acids is 1. The van der Waals surface area contributed by atoms with Crippen LogP contribution in [0.5, 0.6) is 5.75 Å². The number of ether oxygens (including phenoxy) is 3. The second kappa shape index (κ2) is 10.9. The highest BCUT2D eigenvalue weighted by Crippen LogP contribution is 2.27. The summed E-state index contributed by atoms with van der Waals surface area (Å²) >= 11 is 0. The molecule has 0 radical (unpaired) electrons. The van der Waals surface area contributed by atoms with E-state index in [0.717, 1.165) is 24.0 Å². The number of nitrogens with zero attached hydrogens (tertiary/aromatic N) is 2. The fraction of sp³-hybridized carbons (Fsp3) is 0.240. The van der Waals surface area contributed by atoms with Crippen LogP contribution in [-0.2, 0) is 22.3 Å². The van der Waals surface area contributed by atoms with Gasteiger partial charge in [-0.05, 0) is 43.0 Å². The van der Waals surface area contributed by atoms with E-state index in [4.69, 9.17) is 14.2 Å². The Morgan fingerprint density at radius 3 is 2.61 bits per heavy atom. The second-order valence-electron chi connectivity index (χ2n) is 6.81. The lowest BCUT2D eigenvalue weighted by Crippen LogP contribution is -2.10. The number of aromatic nitrogens is 1. The highest BCUT2D eigenvalue weighted by atomic mass is 16.7. The largest absolute Gasteiger partial charge is 0.465 e. The zero-order valence-electron chi connectivity index (χ0n) is 17.6. The number of methoxy groups -OCH3 is 1. The summed E-state index contributed by atoms with van der Waals surface area (Å²) in [5.41, 5.74) is 4.34. The van der Waals surface area contributed by atoms with Crippen LogP contribution < -0.4 is 4.74 Å². The van der Waals surface area contributed by atoms with Gasteiger partial charge in [0.1, 0.15) is 5.56 Å². The van der Waals surface area contributed by atoms with Crippen LogP contribution in [0.3, 0.4) is 0 Å². The molecular weight excluding hydrogens is 392 g/mol. The maximum absolute atomic E-state index is 12.4. The number of aryl methyl sites for hydroxylation is 2. The van der Waals surface area contributed by atoms with E-state index in [-0.39, 0.29) is 24.7 Å². The standard InChI is InChI=1S/C25H24N2O4/c1-3-30-25(28)22-14-23(27-16-24(22)31-17-29-2)20-12-11-19(21(13-20)15-26)10-9-18-7-5-4-6-8-18/h4-8,11-14,16H,3,9-10,17H2,1-2H3. The van der Waals surface area contributed by atoms with Crippen molar-refractivity contribution in [1.82, 2.24) is 4.98 Å². The zero-order chi connectivity index (χ0) is 22.1. The summed E-state index contributed by atoms with van der Waals surface area (Å²) in [5, 5.41) is 9.66. The molecule has 6 nitrogen and oxygen atoms in total. The summed E-state index contributed by atoms with van der Waals surface area (Å²) in [6, 6.07) is 19.7. The van der Waals surface area contributed by atoms with Gasteiger partial charge in [0.05, 0.1) is 30.1 Å². The summed E-state index contributed by atoms with van der Waals surface area (Å²) in [5.74, 6) is -0.221. The third kappa shape index (κ3) is 5.68. The fourth-order valence-corrected chi connectivity index (χ4v) is 3.19. The predicted octanol–water partition coefficient (Wildman–Crippen LogP) is 4.56. The van der Waals surface area contributed by atoms with Crippen LogP contribution in [0.4, 0.5) is 0 Å². The lowest BCUT2D eigenvalue weighted by Gasteiger charge is -2.12. The fourth-order valence-electron chi connectivity index (χ4n) is 3.19. The number of hydrogen-bond donors (Lipinski definition) is 0. The van der Waals surface area contributed by atoms with Crippen molar-refractivity contribution in [2.75, 3.05) is 20.5 Å². The first-order chi connectivity index (χ1) is 15.2. The molecule has 3 rings (SSSR count). The van der Waals surface area contributed by atoms with Crippen LogP contribution in [-0.4, -0.2) is 31.5 Å². The molecule has 158 valence electrons. The molecule has 1 heterocycles. The smallest absolute Gasteiger partial charge is 0.342 e. The van der Waals surface area contributed by atoms with E-state index >= 15 is 0 Å². The van der Waals surface area contributed by atoms with Gasteiger partial charge in [0.25, 0.3) is 0 Å². The van der Waals surface area contributed by atoms with Crippen LogP contribution >= 0.6 is 0 Å². The minimum atomic E-state index is -0.503. The monoisotopic (exact) mass is 416 g/mol. The average Bonchev–Trinajstić information content (AvgIpc) is 2.82. The first-order valence-corrected chi connectivity index (χ1v) is 10.0. The second-order valence-corrected chi connectivity index (χ2v) is 6.81. The molecule has 6 heteroatoms. The SMILES string of the molecule is CCOC(=O)c1cc(-c2ccc(CCc3ccccc3)c(C#N)c2)ncc1OCOC. The van der Waals surface area contributed by atoms with E-state index in [0.29, 0.717) is 11.3 Å². The number of rotatable bonds is 9. The van der Waals surface area contributed by atoms with Crippen molar-refractivity contribution in [2.45, 2.75) is 19.8 Å². The van der Waals surface area contributed by atoms with Gasteiger partial charge in [-0.2, -0.15) is 5.26 Å². The molecule has 0 aliphatic rings. The van der Waals surface area contributed by atoms with Gasteiger partial charge in [0, 0.05) is 12.7 Å². The molecule has 0 bridgehead atoms. The normalized spacial score (nSPS) is 10.4. The Bertz CT molecular complexity index is 1070. The number of carbonyl (C=O) groups is 1. The van der Waals surface area contributed by atoms with Crippen LogP contribution in [0.1, 0.15) is 34.0 Å². The van der Waals surface area contributed by atoms with E-state index in [1.807, 2.05) is 30.3 Å². The molecule has 0 atom stereocenters. The Kier molecular flexibility index (Phi) is 7.74. The lowest BCUT2D eigenvalue weighted by molar-refractivity contribution is 0.0436. The quantitative estimate of drug-likeness (QED) is 0.376. The molecule has 1 aromatic heterocycles. The molecule has 0 saturated carbocycles. The van der Waals surface area contributed by atoms with Gasteiger partial charge in [0.15, 0.2) is 12.5 Å².